The van der Waals surface area contributed by atoms with Crippen molar-refractivity contribution in [1.29, 1.82) is 0 Å². The van der Waals surface area contributed by atoms with Gasteiger partial charge < -0.3 is 10.5 Å². The van der Waals surface area contributed by atoms with Crippen molar-refractivity contribution in [2.24, 2.45) is 5.73 Å². The molecule has 0 spiro atoms. The third-order valence-electron chi connectivity index (χ3n) is 2.53. The van der Waals surface area contributed by atoms with E-state index in [1.807, 2.05) is 0 Å². The average Bonchev–Trinajstić information content (AvgIpc) is 2.37. The number of aromatic nitrogens is 1. The van der Waals surface area contributed by atoms with Crippen LogP contribution in [-0.4, -0.2) is 11.3 Å². The molecule has 0 aliphatic heterocycles. The zero-order chi connectivity index (χ0) is 14.8. The number of ether oxygens (including phenoxy) is 1. The van der Waals surface area contributed by atoms with E-state index in [4.69, 9.17) is 5.73 Å². The van der Waals surface area contributed by atoms with Gasteiger partial charge in [-0.25, -0.2) is 4.98 Å². The Morgan fingerprint density at radius 1 is 1.10 bits per heavy atom. The first-order chi connectivity index (χ1) is 9.35. The predicted octanol–water partition coefficient (Wildman–Crippen LogP) is 4.21. The highest BCUT2D eigenvalue weighted by molar-refractivity contribution is 9.10. The molecule has 114 valence electrons. The van der Waals surface area contributed by atoms with Gasteiger partial charge in [-0.1, -0.05) is 18.2 Å². The minimum absolute atomic E-state index is 0. The van der Waals surface area contributed by atoms with Crippen LogP contribution in [0.5, 0.6) is 5.75 Å². The van der Waals surface area contributed by atoms with Crippen molar-refractivity contribution in [2.75, 3.05) is 0 Å². The summed E-state index contributed by atoms with van der Waals surface area (Å²) in [7, 11) is 0. The van der Waals surface area contributed by atoms with Gasteiger partial charge in [-0.05, 0) is 45.8 Å². The molecule has 0 fully saturated rings. The van der Waals surface area contributed by atoms with Crippen molar-refractivity contribution in [1.82, 2.24) is 4.98 Å². The summed E-state index contributed by atoms with van der Waals surface area (Å²) in [6.45, 7) is 0. The van der Waals surface area contributed by atoms with E-state index in [0.717, 1.165) is 0 Å². The summed E-state index contributed by atoms with van der Waals surface area (Å²) in [5.41, 5.74) is 7.27. The molecule has 1 aromatic carbocycles. The first-order valence-electron chi connectivity index (χ1n) is 5.59. The zero-order valence-electron chi connectivity index (χ0n) is 10.5. The van der Waals surface area contributed by atoms with Crippen molar-refractivity contribution in [2.45, 2.75) is 12.4 Å². The van der Waals surface area contributed by atoms with Gasteiger partial charge in [-0.15, -0.1) is 25.6 Å². The highest BCUT2D eigenvalue weighted by Crippen LogP contribution is 2.25. The molecule has 0 amide bonds. The van der Waals surface area contributed by atoms with Crippen LogP contribution >= 0.6 is 28.3 Å². The van der Waals surface area contributed by atoms with Gasteiger partial charge in [-0.3, -0.25) is 0 Å². The minimum Gasteiger partial charge on any atom is -0.406 e. The van der Waals surface area contributed by atoms with E-state index in [1.165, 1.54) is 24.3 Å². The molecule has 2 rings (SSSR count). The lowest BCUT2D eigenvalue weighted by molar-refractivity contribution is -0.274. The van der Waals surface area contributed by atoms with E-state index < -0.39 is 12.4 Å². The maximum atomic E-state index is 12.0. The Bertz CT molecular complexity index is 593. The Morgan fingerprint density at radius 3 is 2.24 bits per heavy atom. The van der Waals surface area contributed by atoms with E-state index in [1.54, 1.807) is 18.2 Å². The summed E-state index contributed by atoms with van der Waals surface area (Å²) in [6, 6.07) is 10.2. The smallest absolute Gasteiger partial charge is 0.406 e. The van der Waals surface area contributed by atoms with Crippen LogP contribution in [0.1, 0.15) is 17.3 Å². The number of pyridine rings is 1. The lowest BCUT2D eigenvalue weighted by atomic mass is 10.0. The second-order valence-electron chi connectivity index (χ2n) is 3.98. The average molecular weight is 384 g/mol. The van der Waals surface area contributed by atoms with E-state index in [9.17, 15) is 13.2 Å². The van der Waals surface area contributed by atoms with Gasteiger partial charge in [0, 0.05) is 0 Å². The summed E-state index contributed by atoms with van der Waals surface area (Å²) in [5, 5.41) is 0. The van der Waals surface area contributed by atoms with Gasteiger partial charge in [0.15, 0.2) is 0 Å². The molecule has 0 saturated carbocycles. The molecule has 1 aromatic heterocycles. The molecule has 1 heterocycles. The maximum Gasteiger partial charge on any atom is 0.573 e. The van der Waals surface area contributed by atoms with Gasteiger partial charge in [0.05, 0.1) is 11.7 Å². The van der Waals surface area contributed by atoms with Gasteiger partial charge >= 0.3 is 6.36 Å². The van der Waals surface area contributed by atoms with Crippen molar-refractivity contribution >= 4 is 28.3 Å². The molecule has 0 radical (unpaired) electrons. The molecule has 0 bridgehead atoms. The molecule has 0 unspecified atom stereocenters. The first-order valence-corrected chi connectivity index (χ1v) is 6.38. The summed E-state index contributed by atoms with van der Waals surface area (Å²) in [5.74, 6) is -0.282. The fraction of sp³-hybridized carbons (Fsp3) is 0.154. The second-order valence-corrected chi connectivity index (χ2v) is 4.79. The molecular formula is C13H11BrClF3N2O. The summed E-state index contributed by atoms with van der Waals surface area (Å²) < 4.78 is 40.6. The highest BCUT2D eigenvalue weighted by atomic mass is 79.9. The number of nitrogens with zero attached hydrogens (tertiary/aromatic N) is 1. The van der Waals surface area contributed by atoms with Crippen LogP contribution in [0, 0.1) is 0 Å². The molecule has 8 heteroatoms. The number of hydrogen-bond acceptors (Lipinski definition) is 3. The van der Waals surface area contributed by atoms with Crippen LogP contribution in [0.25, 0.3) is 0 Å². The standard InChI is InChI=1S/C13H10BrF3N2O.ClH/c14-11-3-1-2-10(19-11)12(18)8-4-6-9(7-5-8)20-13(15,16)17;/h1-7,12H,18H2;1H/t12-;/m0./s1. The highest BCUT2D eigenvalue weighted by Gasteiger charge is 2.31. The van der Waals surface area contributed by atoms with Crippen molar-refractivity contribution in [3.05, 3.63) is 58.3 Å². The fourth-order valence-electron chi connectivity index (χ4n) is 1.64. The molecule has 1 atom stereocenters. The molecule has 0 saturated heterocycles. The van der Waals surface area contributed by atoms with Crippen molar-refractivity contribution < 1.29 is 17.9 Å². The SMILES string of the molecule is Cl.N[C@@H](c1ccc(OC(F)(F)F)cc1)c1cccc(Br)n1. The zero-order valence-corrected chi connectivity index (χ0v) is 12.9. The lowest BCUT2D eigenvalue weighted by Gasteiger charge is -2.13. The lowest BCUT2D eigenvalue weighted by Crippen LogP contribution is -2.17. The van der Waals surface area contributed by atoms with Gasteiger partial charge in [0.25, 0.3) is 0 Å². The van der Waals surface area contributed by atoms with Crippen LogP contribution in [0.2, 0.25) is 0 Å². The molecule has 2 aromatic rings. The normalized spacial score (nSPS) is 12.4. The van der Waals surface area contributed by atoms with E-state index in [0.29, 0.717) is 15.9 Å². The number of alkyl halides is 3. The third-order valence-corrected chi connectivity index (χ3v) is 2.97. The quantitative estimate of drug-likeness (QED) is 0.808. The largest absolute Gasteiger partial charge is 0.573 e. The van der Waals surface area contributed by atoms with Crippen LogP contribution < -0.4 is 10.5 Å². The van der Waals surface area contributed by atoms with Crippen molar-refractivity contribution in [3.8, 4) is 5.75 Å². The Morgan fingerprint density at radius 2 is 1.71 bits per heavy atom. The summed E-state index contributed by atoms with van der Waals surface area (Å²) >= 11 is 3.24. The van der Waals surface area contributed by atoms with Crippen LogP contribution in [0.4, 0.5) is 13.2 Å². The van der Waals surface area contributed by atoms with Crippen LogP contribution in [0.3, 0.4) is 0 Å². The van der Waals surface area contributed by atoms with Gasteiger partial charge in [0.2, 0.25) is 0 Å². The maximum absolute atomic E-state index is 12.0. The third kappa shape index (κ3) is 5.18. The van der Waals surface area contributed by atoms with Crippen LogP contribution in [-0.2, 0) is 0 Å². The van der Waals surface area contributed by atoms with E-state index in [2.05, 4.69) is 25.7 Å². The monoisotopic (exact) mass is 382 g/mol. The molecule has 21 heavy (non-hydrogen) atoms. The molecule has 0 aliphatic rings. The number of hydrogen-bond donors (Lipinski definition) is 1. The van der Waals surface area contributed by atoms with Gasteiger partial charge in [-0.2, -0.15) is 0 Å². The number of halogens is 5. The molecule has 2 N–H and O–H groups in total. The molecule has 0 aliphatic carbocycles. The Hall–Kier alpha value is -1.31. The Labute approximate surface area is 133 Å². The van der Waals surface area contributed by atoms with E-state index in [-0.39, 0.29) is 18.2 Å². The fourth-order valence-corrected chi connectivity index (χ4v) is 2.00. The molecule has 3 nitrogen and oxygen atoms in total. The first kappa shape index (κ1) is 17.7. The number of benzene rings is 1. The second kappa shape index (κ2) is 7.11. The minimum atomic E-state index is -4.70. The Kier molecular flexibility index (Phi) is 6.00. The van der Waals surface area contributed by atoms with Crippen molar-refractivity contribution in [3.63, 3.8) is 0 Å². The Balaban J connectivity index is 0.00000220. The predicted molar refractivity (Wildman–Crippen MR) is 78.3 cm³/mol. The topological polar surface area (TPSA) is 48.1 Å². The number of rotatable bonds is 3. The number of nitrogens with two attached hydrogens (primary N) is 1. The van der Waals surface area contributed by atoms with Gasteiger partial charge in [0.1, 0.15) is 10.4 Å². The molecular weight excluding hydrogens is 373 g/mol. The van der Waals surface area contributed by atoms with E-state index >= 15 is 0 Å². The summed E-state index contributed by atoms with van der Waals surface area (Å²) in [4.78, 5) is 4.21. The van der Waals surface area contributed by atoms with Crippen LogP contribution in [0.15, 0.2) is 47.1 Å². The summed E-state index contributed by atoms with van der Waals surface area (Å²) in [6.07, 6.45) is -4.70.